The highest BCUT2D eigenvalue weighted by Crippen LogP contribution is 2.20. The summed E-state index contributed by atoms with van der Waals surface area (Å²) in [5, 5.41) is 2.77. The molecule has 0 aromatic heterocycles. The van der Waals surface area contributed by atoms with Crippen LogP contribution < -0.4 is 11.1 Å². The van der Waals surface area contributed by atoms with Gasteiger partial charge in [0, 0.05) is 18.7 Å². The van der Waals surface area contributed by atoms with Crippen molar-refractivity contribution in [3.05, 3.63) is 35.4 Å². The fraction of sp³-hybridized carbons (Fsp3) is 0.500. The summed E-state index contributed by atoms with van der Waals surface area (Å²) in [6.07, 6.45) is -1.26. The molecule has 0 spiro atoms. The van der Waals surface area contributed by atoms with Crippen molar-refractivity contribution >= 4 is 5.91 Å². The van der Waals surface area contributed by atoms with Crippen LogP contribution in [0.15, 0.2) is 24.3 Å². The zero-order chi connectivity index (χ0) is 14.3. The van der Waals surface area contributed by atoms with Gasteiger partial charge in [-0.3, -0.25) is 4.79 Å². The molecule has 5 heteroatoms. The fourth-order valence-corrected chi connectivity index (χ4v) is 1.82. The quantitative estimate of drug-likeness (QED) is 0.798. The number of carbonyl (C=O) groups excluding carboxylic acids is 1. The third kappa shape index (κ3) is 4.95. The Kier molecular flexibility index (Phi) is 6.42. The van der Waals surface area contributed by atoms with Crippen molar-refractivity contribution in [1.29, 1.82) is 0 Å². The molecule has 1 unspecified atom stereocenters. The lowest BCUT2D eigenvalue weighted by atomic mass is 9.97. The number of nitrogens with two attached hydrogens (primary N) is 1. The fourth-order valence-electron chi connectivity index (χ4n) is 1.82. The molecule has 0 aliphatic rings. The van der Waals surface area contributed by atoms with Crippen LogP contribution in [0.25, 0.3) is 0 Å². The van der Waals surface area contributed by atoms with E-state index >= 15 is 0 Å². The molecule has 3 nitrogen and oxygen atoms in total. The van der Waals surface area contributed by atoms with Gasteiger partial charge in [0.05, 0.1) is 5.92 Å². The molecule has 1 amide bonds. The van der Waals surface area contributed by atoms with Crippen LogP contribution in [0.4, 0.5) is 8.78 Å². The summed E-state index contributed by atoms with van der Waals surface area (Å²) < 4.78 is 25.2. The minimum atomic E-state index is -2.50. The summed E-state index contributed by atoms with van der Waals surface area (Å²) >= 11 is 0. The van der Waals surface area contributed by atoms with Crippen molar-refractivity contribution in [3.63, 3.8) is 0 Å². The van der Waals surface area contributed by atoms with Crippen LogP contribution in [0.1, 0.15) is 30.9 Å². The third-order valence-corrected chi connectivity index (χ3v) is 2.89. The average molecular weight is 270 g/mol. The number of halogens is 2. The molecule has 106 valence electrons. The van der Waals surface area contributed by atoms with Crippen molar-refractivity contribution in [3.8, 4) is 0 Å². The summed E-state index contributed by atoms with van der Waals surface area (Å²) in [5.74, 6) is -0.494. The molecular weight excluding hydrogens is 250 g/mol. The van der Waals surface area contributed by atoms with Crippen molar-refractivity contribution in [2.45, 2.75) is 26.2 Å². The molecule has 0 radical (unpaired) electrons. The molecule has 1 atom stereocenters. The molecule has 0 bridgehead atoms. The van der Waals surface area contributed by atoms with Gasteiger partial charge in [-0.25, -0.2) is 8.78 Å². The Morgan fingerprint density at radius 1 is 1.42 bits per heavy atom. The number of benzene rings is 1. The number of alkyl halides is 2. The molecular formula is C14H20F2N2O. The summed E-state index contributed by atoms with van der Waals surface area (Å²) in [5.41, 5.74) is 6.26. The summed E-state index contributed by atoms with van der Waals surface area (Å²) in [6, 6.07) is 6.12. The van der Waals surface area contributed by atoms with Gasteiger partial charge in [0.15, 0.2) is 0 Å². The van der Waals surface area contributed by atoms with E-state index in [1.807, 2.05) is 6.92 Å². The lowest BCUT2D eigenvalue weighted by Crippen LogP contribution is -2.36. The Hall–Kier alpha value is -1.49. The Morgan fingerprint density at radius 2 is 2.16 bits per heavy atom. The van der Waals surface area contributed by atoms with Gasteiger partial charge in [-0.05, 0) is 18.4 Å². The first-order valence-corrected chi connectivity index (χ1v) is 6.43. The van der Waals surface area contributed by atoms with E-state index in [4.69, 9.17) is 5.73 Å². The number of amides is 1. The van der Waals surface area contributed by atoms with Gasteiger partial charge in [-0.2, -0.15) is 0 Å². The topological polar surface area (TPSA) is 55.1 Å². The van der Waals surface area contributed by atoms with Gasteiger partial charge in [-0.1, -0.05) is 31.2 Å². The van der Waals surface area contributed by atoms with E-state index in [-0.39, 0.29) is 23.9 Å². The maximum atomic E-state index is 12.6. The van der Waals surface area contributed by atoms with Crippen molar-refractivity contribution in [2.75, 3.05) is 13.1 Å². The highest BCUT2D eigenvalue weighted by molar-refractivity contribution is 5.79. The largest absolute Gasteiger partial charge is 0.356 e. The highest BCUT2D eigenvalue weighted by Gasteiger charge is 2.17. The zero-order valence-electron chi connectivity index (χ0n) is 11.0. The van der Waals surface area contributed by atoms with E-state index in [9.17, 15) is 13.6 Å². The van der Waals surface area contributed by atoms with E-state index in [1.54, 1.807) is 12.1 Å². The Labute approximate surface area is 112 Å². The van der Waals surface area contributed by atoms with E-state index < -0.39 is 6.43 Å². The van der Waals surface area contributed by atoms with Crippen LogP contribution in [-0.4, -0.2) is 19.0 Å². The molecule has 3 N–H and O–H groups in total. The van der Waals surface area contributed by atoms with E-state index in [2.05, 4.69) is 5.32 Å². The van der Waals surface area contributed by atoms with Crippen LogP contribution >= 0.6 is 0 Å². The summed E-state index contributed by atoms with van der Waals surface area (Å²) in [7, 11) is 0. The summed E-state index contributed by atoms with van der Waals surface area (Å²) in [4.78, 5) is 11.8. The van der Waals surface area contributed by atoms with Gasteiger partial charge in [-0.15, -0.1) is 0 Å². The second kappa shape index (κ2) is 7.84. The van der Waals surface area contributed by atoms with Crippen LogP contribution in [0, 0.1) is 5.92 Å². The van der Waals surface area contributed by atoms with Crippen molar-refractivity contribution in [2.24, 2.45) is 11.7 Å². The Morgan fingerprint density at radius 3 is 2.74 bits per heavy atom. The van der Waals surface area contributed by atoms with Crippen LogP contribution in [0.2, 0.25) is 0 Å². The Balaban J connectivity index is 2.69. The number of nitrogens with one attached hydrogen (secondary N) is 1. The van der Waals surface area contributed by atoms with Crippen molar-refractivity contribution < 1.29 is 13.6 Å². The van der Waals surface area contributed by atoms with Crippen molar-refractivity contribution in [1.82, 2.24) is 5.32 Å². The molecule has 19 heavy (non-hydrogen) atoms. The normalized spacial score (nSPS) is 12.5. The van der Waals surface area contributed by atoms with E-state index in [1.165, 1.54) is 12.1 Å². The predicted molar refractivity (Wildman–Crippen MR) is 70.9 cm³/mol. The maximum absolute atomic E-state index is 12.6. The molecule has 1 rings (SSSR count). The van der Waals surface area contributed by atoms with Gasteiger partial charge in [0.2, 0.25) is 5.91 Å². The number of hydrogen-bond acceptors (Lipinski definition) is 2. The predicted octanol–water partition coefficient (Wildman–Crippen LogP) is 2.27. The first kappa shape index (κ1) is 15.6. The molecule has 0 saturated heterocycles. The molecule has 0 fully saturated rings. The number of carbonyl (C=O) groups is 1. The highest BCUT2D eigenvalue weighted by atomic mass is 19.3. The second-order valence-electron chi connectivity index (χ2n) is 4.47. The smallest absolute Gasteiger partial charge is 0.263 e. The first-order chi connectivity index (χ1) is 9.08. The minimum absolute atomic E-state index is 0.0257. The summed E-state index contributed by atoms with van der Waals surface area (Å²) in [6.45, 7) is 2.77. The standard InChI is InChI=1S/C14H20F2N2O/c1-2-6-18-14(19)12(9-17)8-10-4-3-5-11(7-10)13(15)16/h3-5,7,12-13H,2,6,8-9,17H2,1H3,(H,18,19). The van der Waals surface area contributed by atoms with Crippen LogP contribution in [-0.2, 0) is 11.2 Å². The SMILES string of the molecule is CCCNC(=O)C(CN)Cc1cccc(C(F)F)c1. The lowest BCUT2D eigenvalue weighted by Gasteiger charge is -2.15. The molecule has 0 saturated carbocycles. The van der Waals surface area contributed by atoms with Gasteiger partial charge < -0.3 is 11.1 Å². The maximum Gasteiger partial charge on any atom is 0.263 e. The van der Waals surface area contributed by atoms with Gasteiger partial charge in [0.25, 0.3) is 6.43 Å². The van der Waals surface area contributed by atoms with Crippen LogP contribution in [0.3, 0.4) is 0 Å². The monoisotopic (exact) mass is 270 g/mol. The minimum Gasteiger partial charge on any atom is -0.356 e. The van der Waals surface area contributed by atoms with Crippen LogP contribution in [0.5, 0.6) is 0 Å². The Bertz CT molecular complexity index is 410. The molecule has 0 aliphatic carbocycles. The number of hydrogen-bond donors (Lipinski definition) is 2. The average Bonchev–Trinajstić information content (AvgIpc) is 2.42. The van der Waals surface area contributed by atoms with Gasteiger partial charge in [0.1, 0.15) is 0 Å². The molecule has 0 heterocycles. The second-order valence-corrected chi connectivity index (χ2v) is 4.47. The number of rotatable bonds is 7. The first-order valence-electron chi connectivity index (χ1n) is 6.43. The molecule has 1 aromatic rings. The van der Waals surface area contributed by atoms with Gasteiger partial charge >= 0.3 is 0 Å². The molecule has 0 aliphatic heterocycles. The lowest BCUT2D eigenvalue weighted by molar-refractivity contribution is -0.124. The van der Waals surface area contributed by atoms with E-state index in [0.717, 1.165) is 6.42 Å². The third-order valence-electron chi connectivity index (χ3n) is 2.89. The zero-order valence-corrected chi connectivity index (χ0v) is 11.0. The van der Waals surface area contributed by atoms with E-state index in [0.29, 0.717) is 18.5 Å². The molecule has 1 aromatic carbocycles.